The summed E-state index contributed by atoms with van der Waals surface area (Å²) in [4.78, 5) is 15.0. The van der Waals surface area contributed by atoms with Crippen LogP contribution in [0.15, 0.2) is 0 Å². The van der Waals surface area contributed by atoms with Gasteiger partial charge in [0.25, 0.3) is 0 Å². The highest BCUT2D eigenvalue weighted by molar-refractivity contribution is 7.99. The summed E-state index contributed by atoms with van der Waals surface area (Å²) in [5.41, 5.74) is -0.217. The number of nitrogens with one attached hydrogen (secondary N) is 1. The van der Waals surface area contributed by atoms with Gasteiger partial charge in [-0.1, -0.05) is 13.8 Å². The van der Waals surface area contributed by atoms with E-state index in [1.165, 1.54) is 0 Å². The minimum atomic E-state index is -0.412. The molecule has 2 aliphatic heterocycles. The summed E-state index contributed by atoms with van der Waals surface area (Å²) in [7, 11) is 0. The normalized spacial score (nSPS) is 31.9. The van der Waals surface area contributed by atoms with Crippen LogP contribution in [0.3, 0.4) is 0 Å². The summed E-state index contributed by atoms with van der Waals surface area (Å²) in [6.45, 7) is 10.7. The lowest BCUT2D eigenvalue weighted by Gasteiger charge is -2.50. The lowest BCUT2D eigenvalue weighted by molar-refractivity contribution is -0.159. The SMILES string of the molecule is CCOC(=O)C1(N2CCNCC2)CSCC(C)(C)C1. The molecule has 0 aromatic carbocycles. The van der Waals surface area contributed by atoms with Gasteiger partial charge in [-0.05, 0) is 24.5 Å². The van der Waals surface area contributed by atoms with E-state index in [4.69, 9.17) is 4.74 Å². The Morgan fingerprint density at radius 3 is 2.58 bits per heavy atom. The molecule has 2 aliphatic rings. The average Bonchev–Trinajstić information content (AvgIpc) is 2.38. The van der Waals surface area contributed by atoms with Gasteiger partial charge < -0.3 is 10.1 Å². The Labute approximate surface area is 120 Å². The molecule has 0 amide bonds. The van der Waals surface area contributed by atoms with Crippen molar-refractivity contribution in [2.24, 2.45) is 5.41 Å². The molecule has 19 heavy (non-hydrogen) atoms. The fourth-order valence-corrected chi connectivity index (χ4v) is 4.71. The first kappa shape index (κ1) is 15.1. The smallest absolute Gasteiger partial charge is 0.327 e. The number of piperazine rings is 1. The third kappa shape index (κ3) is 3.26. The number of carbonyl (C=O) groups excluding carboxylic acids is 1. The van der Waals surface area contributed by atoms with E-state index in [9.17, 15) is 4.79 Å². The van der Waals surface area contributed by atoms with Crippen molar-refractivity contribution in [3.05, 3.63) is 0 Å². The minimum absolute atomic E-state index is 0.0165. The predicted octanol–water partition coefficient (Wildman–Crippen LogP) is 1.36. The zero-order valence-corrected chi connectivity index (χ0v) is 13.1. The molecular formula is C14H26N2O2S. The van der Waals surface area contributed by atoms with Crippen LogP contribution in [0.25, 0.3) is 0 Å². The van der Waals surface area contributed by atoms with Gasteiger partial charge in [-0.15, -0.1) is 0 Å². The fraction of sp³-hybridized carbons (Fsp3) is 0.929. The molecule has 0 radical (unpaired) electrons. The molecule has 5 heteroatoms. The molecule has 1 N–H and O–H groups in total. The molecule has 0 aliphatic carbocycles. The molecule has 0 saturated carbocycles. The maximum absolute atomic E-state index is 12.6. The molecule has 0 aromatic rings. The van der Waals surface area contributed by atoms with E-state index in [-0.39, 0.29) is 11.4 Å². The third-order valence-corrected chi connectivity index (χ3v) is 5.65. The van der Waals surface area contributed by atoms with Crippen molar-refractivity contribution in [1.82, 2.24) is 10.2 Å². The Balaban J connectivity index is 2.23. The van der Waals surface area contributed by atoms with Gasteiger partial charge in [0.15, 0.2) is 0 Å². The molecule has 0 spiro atoms. The molecule has 0 bridgehead atoms. The van der Waals surface area contributed by atoms with E-state index in [2.05, 4.69) is 24.1 Å². The Morgan fingerprint density at radius 1 is 1.32 bits per heavy atom. The number of ether oxygens (including phenoxy) is 1. The number of thioether (sulfide) groups is 1. The predicted molar refractivity (Wildman–Crippen MR) is 79.5 cm³/mol. The number of nitrogens with zero attached hydrogens (tertiary/aromatic N) is 1. The summed E-state index contributed by atoms with van der Waals surface area (Å²) >= 11 is 1.89. The Kier molecular flexibility index (Phi) is 4.79. The number of hydrogen-bond acceptors (Lipinski definition) is 5. The first-order valence-electron chi connectivity index (χ1n) is 7.21. The van der Waals surface area contributed by atoms with Gasteiger partial charge in [0, 0.05) is 31.9 Å². The average molecular weight is 286 g/mol. The molecule has 2 rings (SSSR count). The number of carbonyl (C=O) groups is 1. The van der Waals surface area contributed by atoms with E-state index in [0.29, 0.717) is 6.61 Å². The minimum Gasteiger partial charge on any atom is -0.465 e. The summed E-state index contributed by atoms with van der Waals surface area (Å²) in [6, 6.07) is 0. The van der Waals surface area contributed by atoms with Crippen LogP contribution in [-0.2, 0) is 9.53 Å². The zero-order chi connectivity index (χ0) is 13.9. The molecule has 2 heterocycles. The second-order valence-electron chi connectivity index (χ2n) is 6.32. The summed E-state index contributed by atoms with van der Waals surface area (Å²) in [5.74, 6) is 1.98. The Bertz CT molecular complexity index is 329. The molecule has 0 aromatic heterocycles. The van der Waals surface area contributed by atoms with Gasteiger partial charge in [-0.3, -0.25) is 9.69 Å². The highest BCUT2D eigenvalue weighted by Crippen LogP contribution is 2.43. The van der Waals surface area contributed by atoms with Crippen molar-refractivity contribution in [1.29, 1.82) is 0 Å². The van der Waals surface area contributed by atoms with Gasteiger partial charge in [-0.25, -0.2) is 0 Å². The molecule has 4 nitrogen and oxygen atoms in total. The topological polar surface area (TPSA) is 41.6 Å². The van der Waals surface area contributed by atoms with Crippen molar-refractivity contribution < 1.29 is 9.53 Å². The van der Waals surface area contributed by atoms with Crippen molar-refractivity contribution in [2.75, 3.05) is 44.3 Å². The van der Waals surface area contributed by atoms with E-state index in [1.54, 1.807) is 0 Å². The number of rotatable bonds is 3. The third-order valence-electron chi connectivity index (χ3n) is 3.98. The van der Waals surface area contributed by atoms with Crippen LogP contribution in [0.5, 0.6) is 0 Å². The maximum Gasteiger partial charge on any atom is 0.327 e. The first-order valence-corrected chi connectivity index (χ1v) is 8.36. The van der Waals surface area contributed by atoms with Gasteiger partial charge in [0.1, 0.15) is 5.54 Å². The van der Waals surface area contributed by atoms with Crippen molar-refractivity contribution >= 4 is 17.7 Å². The van der Waals surface area contributed by atoms with Gasteiger partial charge in [0.05, 0.1) is 6.61 Å². The summed E-state index contributed by atoms with van der Waals surface area (Å²) < 4.78 is 5.42. The monoisotopic (exact) mass is 286 g/mol. The van der Waals surface area contributed by atoms with E-state index < -0.39 is 5.54 Å². The molecular weight excluding hydrogens is 260 g/mol. The molecule has 1 unspecified atom stereocenters. The van der Waals surface area contributed by atoms with Crippen LogP contribution < -0.4 is 5.32 Å². The molecule has 2 fully saturated rings. The Morgan fingerprint density at radius 2 is 2.00 bits per heavy atom. The molecule has 1 atom stereocenters. The van der Waals surface area contributed by atoms with Crippen molar-refractivity contribution in [3.63, 3.8) is 0 Å². The second kappa shape index (κ2) is 6.02. The van der Waals surface area contributed by atoms with Crippen LogP contribution in [0.2, 0.25) is 0 Å². The Hall–Kier alpha value is -0.260. The molecule has 2 saturated heterocycles. The van der Waals surface area contributed by atoms with E-state index in [0.717, 1.165) is 44.1 Å². The maximum atomic E-state index is 12.6. The lowest BCUT2D eigenvalue weighted by atomic mass is 9.78. The van der Waals surface area contributed by atoms with Crippen LogP contribution in [0, 0.1) is 5.41 Å². The highest BCUT2D eigenvalue weighted by Gasteiger charge is 2.51. The van der Waals surface area contributed by atoms with Crippen LogP contribution >= 0.6 is 11.8 Å². The van der Waals surface area contributed by atoms with Crippen molar-refractivity contribution in [2.45, 2.75) is 32.7 Å². The van der Waals surface area contributed by atoms with Gasteiger partial charge >= 0.3 is 5.97 Å². The van der Waals surface area contributed by atoms with Crippen LogP contribution in [-0.4, -0.2) is 60.7 Å². The lowest BCUT2D eigenvalue weighted by Crippen LogP contribution is -2.65. The van der Waals surface area contributed by atoms with E-state index in [1.807, 2.05) is 18.7 Å². The number of hydrogen-bond donors (Lipinski definition) is 1. The molecule has 110 valence electrons. The summed E-state index contributed by atoms with van der Waals surface area (Å²) in [6.07, 6.45) is 0.909. The zero-order valence-electron chi connectivity index (χ0n) is 12.3. The highest BCUT2D eigenvalue weighted by atomic mass is 32.2. The van der Waals surface area contributed by atoms with Crippen LogP contribution in [0.4, 0.5) is 0 Å². The first-order chi connectivity index (χ1) is 9.00. The second-order valence-corrected chi connectivity index (χ2v) is 7.31. The van der Waals surface area contributed by atoms with E-state index >= 15 is 0 Å². The van der Waals surface area contributed by atoms with Gasteiger partial charge in [0.2, 0.25) is 0 Å². The standard InChI is InChI=1S/C14H26N2O2S/c1-4-18-12(17)14(16-7-5-15-6-8-16)9-13(2,3)10-19-11-14/h15H,4-11H2,1-3H3. The van der Waals surface area contributed by atoms with Crippen LogP contribution in [0.1, 0.15) is 27.2 Å². The number of esters is 1. The largest absolute Gasteiger partial charge is 0.465 e. The van der Waals surface area contributed by atoms with Crippen molar-refractivity contribution in [3.8, 4) is 0 Å². The summed E-state index contributed by atoms with van der Waals surface area (Å²) in [5, 5.41) is 3.36. The van der Waals surface area contributed by atoms with Gasteiger partial charge in [-0.2, -0.15) is 11.8 Å². The quantitative estimate of drug-likeness (QED) is 0.793. The fourth-order valence-electron chi connectivity index (χ4n) is 3.21.